The van der Waals surface area contributed by atoms with Crippen molar-refractivity contribution in [3.05, 3.63) is 51.2 Å². The van der Waals surface area contributed by atoms with Crippen LogP contribution in [0.5, 0.6) is 0 Å². The molecule has 0 aliphatic rings. The molecule has 9 heteroatoms. The quantitative estimate of drug-likeness (QED) is 0.476. The predicted octanol–water partition coefficient (Wildman–Crippen LogP) is 3.73. The summed E-state index contributed by atoms with van der Waals surface area (Å²) in [6, 6.07) is 2.62. The van der Waals surface area contributed by atoms with Gasteiger partial charge in [0.15, 0.2) is 5.96 Å². The summed E-state index contributed by atoms with van der Waals surface area (Å²) in [7, 11) is 1.52. The van der Waals surface area contributed by atoms with Crippen molar-refractivity contribution in [1.29, 1.82) is 0 Å². The van der Waals surface area contributed by atoms with Crippen LogP contribution in [0.2, 0.25) is 0 Å². The summed E-state index contributed by atoms with van der Waals surface area (Å²) in [6.45, 7) is 2.32. The van der Waals surface area contributed by atoms with Gasteiger partial charge in [0.1, 0.15) is 10.8 Å². The molecule has 0 saturated heterocycles. The van der Waals surface area contributed by atoms with Crippen LogP contribution in [-0.2, 0) is 25.7 Å². The Morgan fingerprint density at radius 3 is 2.56 bits per heavy atom. The lowest BCUT2D eigenvalue weighted by Gasteiger charge is -2.15. The van der Waals surface area contributed by atoms with Gasteiger partial charge in [-0.1, -0.05) is 13.0 Å². The van der Waals surface area contributed by atoms with Crippen molar-refractivity contribution in [2.75, 3.05) is 7.05 Å². The molecule has 1 heterocycles. The van der Waals surface area contributed by atoms with Crippen LogP contribution in [0, 0.1) is 5.82 Å². The number of aliphatic imine (C=N–C) groups is 1. The number of benzene rings is 1. The third-order valence-corrected chi connectivity index (χ3v) is 4.55. The molecule has 2 N–H and O–H groups in total. The maximum atomic E-state index is 13.1. The Morgan fingerprint density at radius 2 is 1.96 bits per heavy atom. The van der Waals surface area contributed by atoms with Gasteiger partial charge in [-0.25, -0.2) is 9.37 Å². The average molecular weight is 374 g/mol. The molecule has 25 heavy (non-hydrogen) atoms. The van der Waals surface area contributed by atoms with Crippen molar-refractivity contribution in [2.24, 2.45) is 4.99 Å². The number of thiazole rings is 1. The number of nitrogens with one attached hydrogen (secondary N) is 2. The molecule has 0 saturated carbocycles. The fraction of sp³-hybridized carbons (Fsp3) is 0.375. The fourth-order valence-electron chi connectivity index (χ4n) is 2.12. The number of guanidine groups is 1. The zero-order chi connectivity index (χ0) is 18.4. The second-order valence-corrected chi connectivity index (χ2v) is 6.35. The molecule has 4 nitrogen and oxygen atoms in total. The van der Waals surface area contributed by atoms with Crippen molar-refractivity contribution in [3.8, 4) is 0 Å². The van der Waals surface area contributed by atoms with Gasteiger partial charge in [-0.2, -0.15) is 13.2 Å². The Morgan fingerprint density at radius 1 is 1.24 bits per heavy atom. The normalized spacial score (nSPS) is 12.3. The lowest BCUT2D eigenvalue weighted by Crippen LogP contribution is -2.36. The zero-order valence-corrected chi connectivity index (χ0v) is 14.6. The van der Waals surface area contributed by atoms with E-state index in [2.05, 4.69) is 20.6 Å². The van der Waals surface area contributed by atoms with Crippen molar-refractivity contribution in [1.82, 2.24) is 15.6 Å². The van der Waals surface area contributed by atoms with E-state index in [0.717, 1.165) is 28.4 Å². The second kappa shape index (κ2) is 8.28. The number of aryl methyl sites for hydroxylation is 1. The number of halogens is 4. The summed E-state index contributed by atoms with van der Waals surface area (Å²) in [5.41, 5.74) is -1.05. The average Bonchev–Trinajstić information content (AvgIpc) is 3.03. The van der Waals surface area contributed by atoms with Gasteiger partial charge >= 0.3 is 6.18 Å². The molecule has 0 aliphatic heterocycles. The molecule has 0 atom stereocenters. The van der Waals surface area contributed by atoms with E-state index >= 15 is 0 Å². The van der Waals surface area contributed by atoms with E-state index in [1.54, 1.807) is 17.5 Å². The molecule has 2 rings (SSSR count). The van der Waals surface area contributed by atoms with Crippen LogP contribution in [0.25, 0.3) is 0 Å². The predicted molar refractivity (Wildman–Crippen MR) is 89.9 cm³/mol. The summed E-state index contributed by atoms with van der Waals surface area (Å²) >= 11 is 1.56. The van der Waals surface area contributed by atoms with Crippen LogP contribution in [0.4, 0.5) is 17.6 Å². The number of hydrogen-bond donors (Lipinski definition) is 2. The molecule has 0 radical (unpaired) electrons. The van der Waals surface area contributed by atoms with Crippen molar-refractivity contribution in [2.45, 2.75) is 32.6 Å². The highest BCUT2D eigenvalue weighted by Crippen LogP contribution is 2.32. The van der Waals surface area contributed by atoms with Gasteiger partial charge in [0.2, 0.25) is 0 Å². The summed E-state index contributed by atoms with van der Waals surface area (Å²) in [5, 5.41) is 6.66. The number of rotatable bonds is 5. The van der Waals surface area contributed by atoms with Crippen molar-refractivity contribution >= 4 is 17.3 Å². The van der Waals surface area contributed by atoms with Gasteiger partial charge in [0, 0.05) is 24.7 Å². The molecule has 0 aliphatic carbocycles. The number of alkyl halides is 3. The molecule has 1 aromatic heterocycles. The highest BCUT2D eigenvalue weighted by molar-refractivity contribution is 7.11. The maximum Gasteiger partial charge on any atom is 0.416 e. The molecule has 0 bridgehead atoms. The Bertz CT molecular complexity index is 740. The van der Waals surface area contributed by atoms with Crippen LogP contribution in [0.3, 0.4) is 0 Å². The van der Waals surface area contributed by atoms with Gasteiger partial charge in [0.05, 0.1) is 12.1 Å². The molecule has 2 aromatic rings. The minimum atomic E-state index is -4.62. The zero-order valence-electron chi connectivity index (χ0n) is 13.7. The van der Waals surface area contributed by atoms with Crippen LogP contribution < -0.4 is 10.6 Å². The molecular weight excluding hydrogens is 356 g/mol. The Hall–Kier alpha value is -2.16. The van der Waals surface area contributed by atoms with E-state index in [4.69, 9.17) is 0 Å². The third-order valence-electron chi connectivity index (χ3n) is 3.40. The third kappa shape index (κ3) is 5.42. The van der Waals surface area contributed by atoms with E-state index < -0.39 is 17.6 Å². The lowest BCUT2D eigenvalue weighted by atomic mass is 10.1. The maximum absolute atomic E-state index is 13.1. The van der Waals surface area contributed by atoms with Crippen LogP contribution in [-0.4, -0.2) is 18.0 Å². The van der Waals surface area contributed by atoms with Crippen LogP contribution >= 0.6 is 11.3 Å². The first-order valence-electron chi connectivity index (χ1n) is 7.57. The Labute approximate surface area is 147 Å². The van der Waals surface area contributed by atoms with E-state index in [1.807, 2.05) is 6.92 Å². The standard InChI is InChI=1S/C16H18F4N4S/c1-3-12-8-22-14(25-12)9-24-15(21-2)23-7-10-4-5-11(17)6-13(10)16(18,19)20/h4-6,8H,3,7,9H2,1-2H3,(H2,21,23,24). The van der Waals surface area contributed by atoms with Gasteiger partial charge in [-0.05, 0) is 24.1 Å². The largest absolute Gasteiger partial charge is 0.416 e. The van der Waals surface area contributed by atoms with E-state index in [-0.39, 0.29) is 12.1 Å². The van der Waals surface area contributed by atoms with E-state index in [0.29, 0.717) is 18.6 Å². The molecule has 0 amide bonds. The number of hydrogen-bond acceptors (Lipinski definition) is 3. The van der Waals surface area contributed by atoms with Crippen molar-refractivity contribution in [3.63, 3.8) is 0 Å². The minimum Gasteiger partial charge on any atom is -0.352 e. The van der Waals surface area contributed by atoms with E-state index in [9.17, 15) is 17.6 Å². The summed E-state index contributed by atoms with van der Waals surface area (Å²) in [6.07, 6.45) is -1.92. The topological polar surface area (TPSA) is 49.3 Å². The van der Waals surface area contributed by atoms with Gasteiger partial charge in [-0.3, -0.25) is 4.99 Å². The first kappa shape index (κ1) is 19.2. The fourth-order valence-corrected chi connectivity index (χ4v) is 2.92. The first-order valence-corrected chi connectivity index (χ1v) is 8.38. The highest BCUT2D eigenvalue weighted by atomic mass is 32.1. The lowest BCUT2D eigenvalue weighted by molar-refractivity contribution is -0.138. The smallest absolute Gasteiger partial charge is 0.352 e. The summed E-state index contributed by atoms with van der Waals surface area (Å²) < 4.78 is 52.1. The molecule has 1 aromatic carbocycles. The summed E-state index contributed by atoms with van der Waals surface area (Å²) in [5.74, 6) is -0.584. The number of nitrogens with zero attached hydrogens (tertiary/aromatic N) is 2. The first-order chi connectivity index (χ1) is 11.8. The monoisotopic (exact) mass is 374 g/mol. The Kier molecular flexibility index (Phi) is 6.35. The molecular formula is C16H18F4N4S. The molecule has 0 unspecified atom stereocenters. The van der Waals surface area contributed by atoms with Gasteiger partial charge in [0.25, 0.3) is 0 Å². The number of aromatic nitrogens is 1. The summed E-state index contributed by atoms with van der Waals surface area (Å²) in [4.78, 5) is 9.37. The van der Waals surface area contributed by atoms with Gasteiger partial charge in [-0.15, -0.1) is 11.3 Å². The van der Waals surface area contributed by atoms with E-state index in [1.165, 1.54) is 7.05 Å². The molecule has 136 valence electrons. The van der Waals surface area contributed by atoms with Crippen molar-refractivity contribution < 1.29 is 17.6 Å². The SMILES string of the molecule is CCc1cnc(CNC(=NC)NCc2ccc(F)cc2C(F)(F)F)s1. The van der Waals surface area contributed by atoms with Crippen LogP contribution in [0.15, 0.2) is 29.4 Å². The second-order valence-electron chi connectivity index (χ2n) is 5.15. The van der Waals surface area contributed by atoms with Gasteiger partial charge < -0.3 is 10.6 Å². The molecule has 0 fully saturated rings. The highest BCUT2D eigenvalue weighted by Gasteiger charge is 2.33. The minimum absolute atomic E-state index is 0.0561. The Balaban J connectivity index is 1.99. The molecule has 0 spiro atoms. The van der Waals surface area contributed by atoms with Crippen LogP contribution in [0.1, 0.15) is 27.9 Å².